The zero-order valence-corrected chi connectivity index (χ0v) is 20.8. The van der Waals surface area contributed by atoms with Crippen LogP contribution in [0.3, 0.4) is 0 Å². The van der Waals surface area contributed by atoms with Gasteiger partial charge in [0.25, 0.3) is 5.91 Å². The fourth-order valence-electron chi connectivity index (χ4n) is 4.88. The molecule has 1 atom stereocenters. The fourth-order valence-corrected chi connectivity index (χ4v) is 4.88. The van der Waals surface area contributed by atoms with E-state index in [9.17, 15) is 18.0 Å². The summed E-state index contributed by atoms with van der Waals surface area (Å²) in [4.78, 5) is 25.8. The number of halogens is 3. The Balaban J connectivity index is 1.23. The van der Waals surface area contributed by atoms with Gasteiger partial charge in [0.2, 0.25) is 5.95 Å². The molecule has 1 aromatic heterocycles. The summed E-state index contributed by atoms with van der Waals surface area (Å²) in [6, 6.07) is 15.8. The van der Waals surface area contributed by atoms with E-state index in [2.05, 4.69) is 20.2 Å². The third kappa shape index (κ3) is 5.94. The van der Waals surface area contributed by atoms with E-state index in [1.54, 1.807) is 30.3 Å². The van der Waals surface area contributed by atoms with Crippen LogP contribution in [0.15, 0.2) is 73.1 Å². The molecule has 1 aliphatic heterocycles. The molecule has 0 bridgehead atoms. The molecule has 1 N–H and O–H groups in total. The minimum absolute atomic E-state index is 0.00865. The van der Waals surface area contributed by atoms with E-state index in [0.29, 0.717) is 17.8 Å². The van der Waals surface area contributed by atoms with E-state index < -0.39 is 23.6 Å². The average Bonchev–Trinajstić information content (AvgIpc) is 2.93. The Kier molecular flexibility index (Phi) is 7.83. The number of hydrogen-bond donors (Lipinski definition) is 1. The molecule has 1 unspecified atom stereocenters. The lowest BCUT2D eigenvalue weighted by Crippen LogP contribution is -2.47. The molecule has 5 rings (SSSR count). The van der Waals surface area contributed by atoms with Gasteiger partial charge in [0.05, 0.1) is 24.0 Å². The second-order valence-electron chi connectivity index (χ2n) is 9.39. The second kappa shape index (κ2) is 11.6. The van der Waals surface area contributed by atoms with Crippen LogP contribution in [0.2, 0.25) is 0 Å². The van der Waals surface area contributed by atoms with E-state index >= 15 is 0 Å². The summed E-state index contributed by atoms with van der Waals surface area (Å²) in [6.07, 6.45) is 3.71. The SMILES string of the molecule is O=C(NC(CCCN1CCN(c2ncc(F)cn2)CC1)c1ccc(F)cc1)c1c(F)ccc2ccccc12. The number of nitrogens with zero attached hydrogens (tertiary/aromatic N) is 4. The number of hydrogen-bond acceptors (Lipinski definition) is 5. The van der Waals surface area contributed by atoms with Crippen LogP contribution in [0.1, 0.15) is 34.8 Å². The van der Waals surface area contributed by atoms with Crippen LogP contribution in [-0.2, 0) is 0 Å². The van der Waals surface area contributed by atoms with E-state index in [-0.39, 0.29) is 11.4 Å². The normalized spacial score (nSPS) is 15.0. The van der Waals surface area contributed by atoms with Gasteiger partial charge < -0.3 is 10.2 Å². The maximum Gasteiger partial charge on any atom is 0.255 e. The van der Waals surface area contributed by atoms with Crippen LogP contribution in [0.4, 0.5) is 19.1 Å². The maximum atomic E-state index is 14.8. The quantitative estimate of drug-likeness (QED) is 0.350. The molecule has 0 saturated carbocycles. The highest BCUT2D eigenvalue weighted by Crippen LogP contribution is 2.25. The Morgan fingerprint density at radius 2 is 1.58 bits per heavy atom. The number of piperazine rings is 1. The van der Waals surface area contributed by atoms with Gasteiger partial charge in [-0.25, -0.2) is 23.1 Å². The van der Waals surface area contributed by atoms with Gasteiger partial charge in [-0.15, -0.1) is 0 Å². The number of amides is 1. The summed E-state index contributed by atoms with van der Waals surface area (Å²) in [6.45, 7) is 3.85. The first kappa shape index (κ1) is 25.7. The highest BCUT2D eigenvalue weighted by atomic mass is 19.1. The molecule has 1 aliphatic rings. The molecule has 4 aromatic rings. The molecule has 2 heterocycles. The van der Waals surface area contributed by atoms with Crippen LogP contribution >= 0.6 is 0 Å². The molecule has 0 radical (unpaired) electrons. The minimum Gasteiger partial charge on any atom is -0.345 e. The summed E-state index contributed by atoms with van der Waals surface area (Å²) in [7, 11) is 0. The second-order valence-corrected chi connectivity index (χ2v) is 9.39. The zero-order chi connectivity index (χ0) is 26.5. The van der Waals surface area contributed by atoms with Gasteiger partial charge >= 0.3 is 0 Å². The van der Waals surface area contributed by atoms with E-state index in [1.165, 1.54) is 30.6 Å². The Bertz CT molecular complexity index is 1390. The Labute approximate surface area is 219 Å². The third-order valence-electron chi connectivity index (χ3n) is 6.91. The van der Waals surface area contributed by atoms with E-state index in [1.807, 2.05) is 17.0 Å². The van der Waals surface area contributed by atoms with Gasteiger partial charge in [0.1, 0.15) is 11.6 Å². The standard InChI is InChI=1S/C29H28F3N5O/c30-22-10-7-21(8-11-22)26(35-28(38)27-24-5-2-1-4-20(24)9-12-25(27)32)6-3-13-36-14-16-37(17-15-36)29-33-18-23(31)19-34-29/h1-2,4-5,7-12,18-19,26H,3,6,13-17H2,(H,35,38). The summed E-state index contributed by atoms with van der Waals surface area (Å²) in [5, 5.41) is 4.32. The molecular formula is C29H28F3N5O. The zero-order valence-electron chi connectivity index (χ0n) is 20.8. The van der Waals surface area contributed by atoms with Crippen molar-refractivity contribution in [1.29, 1.82) is 0 Å². The van der Waals surface area contributed by atoms with Crippen LogP contribution in [0, 0.1) is 17.5 Å². The lowest BCUT2D eigenvalue weighted by Gasteiger charge is -2.34. The monoisotopic (exact) mass is 519 g/mol. The van der Waals surface area contributed by atoms with Gasteiger partial charge in [-0.05, 0) is 53.9 Å². The Morgan fingerprint density at radius 3 is 2.32 bits per heavy atom. The summed E-state index contributed by atoms with van der Waals surface area (Å²) < 4.78 is 41.5. The number of aromatic nitrogens is 2. The number of rotatable bonds is 8. The molecule has 1 saturated heterocycles. The molecule has 6 nitrogen and oxygen atoms in total. The van der Waals surface area contributed by atoms with Crippen molar-refractivity contribution < 1.29 is 18.0 Å². The van der Waals surface area contributed by atoms with Gasteiger partial charge in [0, 0.05) is 26.2 Å². The number of carbonyl (C=O) groups excluding carboxylic acids is 1. The van der Waals surface area contributed by atoms with Crippen molar-refractivity contribution in [3.63, 3.8) is 0 Å². The van der Waals surface area contributed by atoms with Crippen molar-refractivity contribution >= 4 is 22.6 Å². The van der Waals surface area contributed by atoms with E-state index in [0.717, 1.165) is 50.1 Å². The van der Waals surface area contributed by atoms with Crippen molar-refractivity contribution in [1.82, 2.24) is 20.2 Å². The molecule has 38 heavy (non-hydrogen) atoms. The average molecular weight is 520 g/mol. The topological polar surface area (TPSA) is 61.4 Å². The van der Waals surface area contributed by atoms with Crippen LogP contribution in [0.25, 0.3) is 10.8 Å². The molecule has 0 spiro atoms. The predicted octanol–water partition coefficient (Wildman–Crippen LogP) is 5.12. The van der Waals surface area contributed by atoms with Gasteiger partial charge in [-0.1, -0.05) is 42.5 Å². The van der Waals surface area contributed by atoms with Gasteiger partial charge in [-0.2, -0.15) is 0 Å². The van der Waals surface area contributed by atoms with E-state index in [4.69, 9.17) is 0 Å². The third-order valence-corrected chi connectivity index (χ3v) is 6.91. The number of benzene rings is 3. The molecule has 1 fully saturated rings. The highest BCUT2D eigenvalue weighted by Gasteiger charge is 2.22. The van der Waals surface area contributed by atoms with Crippen molar-refractivity contribution in [2.75, 3.05) is 37.6 Å². The Hall–Kier alpha value is -3.98. The first-order chi connectivity index (χ1) is 18.5. The van der Waals surface area contributed by atoms with Crippen molar-refractivity contribution in [3.8, 4) is 0 Å². The molecule has 196 valence electrons. The fraction of sp³-hybridized carbons (Fsp3) is 0.276. The summed E-state index contributed by atoms with van der Waals surface area (Å²) >= 11 is 0. The molecule has 3 aromatic carbocycles. The molecule has 0 aliphatic carbocycles. The van der Waals surface area contributed by atoms with Gasteiger partial charge in [0.15, 0.2) is 5.82 Å². The largest absolute Gasteiger partial charge is 0.345 e. The Morgan fingerprint density at radius 1 is 0.868 bits per heavy atom. The lowest BCUT2D eigenvalue weighted by molar-refractivity contribution is 0.0931. The first-order valence-corrected chi connectivity index (χ1v) is 12.7. The number of nitrogens with one attached hydrogen (secondary N) is 1. The first-order valence-electron chi connectivity index (χ1n) is 12.7. The predicted molar refractivity (Wildman–Crippen MR) is 140 cm³/mol. The maximum absolute atomic E-state index is 14.8. The molecule has 1 amide bonds. The minimum atomic E-state index is -0.581. The number of anilines is 1. The smallest absolute Gasteiger partial charge is 0.255 e. The summed E-state index contributed by atoms with van der Waals surface area (Å²) in [5.74, 6) is -1.38. The van der Waals surface area contributed by atoms with Crippen molar-refractivity contribution in [3.05, 3.63) is 102 Å². The van der Waals surface area contributed by atoms with Crippen molar-refractivity contribution in [2.45, 2.75) is 18.9 Å². The van der Waals surface area contributed by atoms with Crippen LogP contribution in [0.5, 0.6) is 0 Å². The van der Waals surface area contributed by atoms with Crippen LogP contribution in [-0.4, -0.2) is 53.5 Å². The van der Waals surface area contributed by atoms with Crippen LogP contribution < -0.4 is 10.2 Å². The number of carbonyl (C=O) groups is 1. The van der Waals surface area contributed by atoms with Gasteiger partial charge in [-0.3, -0.25) is 9.69 Å². The van der Waals surface area contributed by atoms with Crippen molar-refractivity contribution in [2.24, 2.45) is 0 Å². The molecular weight excluding hydrogens is 491 g/mol. The summed E-state index contributed by atoms with van der Waals surface area (Å²) in [5.41, 5.74) is 0.771. The lowest BCUT2D eigenvalue weighted by atomic mass is 9.99. The molecule has 9 heteroatoms. The highest BCUT2D eigenvalue weighted by molar-refractivity contribution is 6.07. The number of fused-ring (bicyclic) bond motifs is 1.